The van der Waals surface area contributed by atoms with Gasteiger partial charge in [-0.15, -0.1) is 0 Å². The van der Waals surface area contributed by atoms with Crippen molar-refractivity contribution in [3.05, 3.63) is 0 Å². The molecule has 0 spiro atoms. The minimum atomic E-state index is -0.571. The highest BCUT2D eigenvalue weighted by Crippen LogP contribution is 2.07. The van der Waals surface area contributed by atoms with Crippen LogP contribution in [-0.2, 0) is 14.3 Å². The molecule has 1 saturated heterocycles. The van der Waals surface area contributed by atoms with Crippen molar-refractivity contribution in [1.29, 1.82) is 0 Å². The van der Waals surface area contributed by atoms with Crippen LogP contribution in [0.5, 0.6) is 0 Å². The molecule has 1 unspecified atom stereocenters. The third-order valence-electron chi connectivity index (χ3n) is 1.86. The number of Topliss-reactive ketones (excluding diaryl/α,β-unsaturated/α-hetero) is 1. The molecule has 0 bridgehead atoms. The summed E-state index contributed by atoms with van der Waals surface area (Å²) < 4.78 is 4.75. The van der Waals surface area contributed by atoms with Crippen LogP contribution in [0.2, 0.25) is 0 Å². The molecule has 1 aliphatic heterocycles. The Balaban J connectivity index is 0.00000144. The molecule has 4 heteroatoms. The summed E-state index contributed by atoms with van der Waals surface area (Å²) in [5.74, 6) is -0.972. The van der Waals surface area contributed by atoms with Crippen molar-refractivity contribution in [2.24, 2.45) is 5.92 Å². The van der Waals surface area contributed by atoms with E-state index in [-0.39, 0.29) is 13.2 Å². The molecular formula is C9H17NO3. The monoisotopic (exact) mass is 187 g/mol. The number of esters is 1. The van der Waals surface area contributed by atoms with E-state index in [1.54, 1.807) is 6.92 Å². The number of rotatable bonds is 2. The molecule has 1 fully saturated rings. The Hall–Kier alpha value is -0.900. The SMILES string of the molecule is C.CCOC(=O)C1CNCCC1=O. The first-order valence-electron chi connectivity index (χ1n) is 4.15. The summed E-state index contributed by atoms with van der Waals surface area (Å²) in [4.78, 5) is 22.3. The third kappa shape index (κ3) is 3.14. The maximum absolute atomic E-state index is 11.2. The molecule has 1 rings (SSSR count). The lowest BCUT2D eigenvalue weighted by atomic mass is 9.98. The Morgan fingerprint density at radius 2 is 2.38 bits per heavy atom. The minimum Gasteiger partial charge on any atom is -0.465 e. The number of ether oxygens (including phenoxy) is 1. The van der Waals surface area contributed by atoms with Crippen LogP contribution in [0, 0.1) is 5.92 Å². The maximum atomic E-state index is 11.2. The Labute approximate surface area is 78.6 Å². The van der Waals surface area contributed by atoms with Gasteiger partial charge in [-0.05, 0) is 6.92 Å². The van der Waals surface area contributed by atoms with Crippen LogP contribution in [0.25, 0.3) is 0 Å². The average Bonchev–Trinajstić information content (AvgIpc) is 2.05. The van der Waals surface area contributed by atoms with E-state index in [0.717, 1.165) is 0 Å². The second-order valence-electron chi connectivity index (χ2n) is 2.73. The topological polar surface area (TPSA) is 55.4 Å². The summed E-state index contributed by atoms with van der Waals surface area (Å²) in [5, 5.41) is 2.98. The zero-order valence-corrected chi connectivity index (χ0v) is 7.13. The average molecular weight is 187 g/mol. The van der Waals surface area contributed by atoms with Crippen LogP contribution < -0.4 is 5.32 Å². The van der Waals surface area contributed by atoms with E-state index >= 15 is 0 Å². The quantitative estimate of drug-likeness (QED) is 0.501. The molecule has 76 valence electrons. The lowest BCUT2D eigenvalue weighted by Gasteiger charge is -2.19. The third-order valence-corrected chi connectivity index (χ3v) is 1.86. The number of nitrogens with one attached hydrogen (secondary N) is 1. The zero-order chi connectivity index (χ0) is 8.97. The van der Waals surface area contributed by atoms with Gasteiger partial charge in [0.25, 0.3) is 0 Å². The summed E-state index contributed by atoms with van der Waals surface area (Å²) in [7, 11) is 0. The van der Waals surface area contributed by atoms with Gasteiger partial charge in [0.1, 0.15) is 11.7 Å². The molecule has 4 nitrogen and oxygen atoms in total. The van der Waals surface area contributed by atoms with Crippen molar-refractivity contribution in [3.8, 4) is 0 Å². The lowest BCUT2D eigenvalue weighted by molar-refractivity contribution is -0.152. The van der Waals surface area contributed by atoms with E-state index in [1.165, 1.54) is 0 Å². The van der Waals surface area contributed by atoms with Gasteiger partial charge in [0.2, 0.25) is 0 Å². The van der Waals surface area contributed by atoms with Crippen molar-refractivity contribution < 1.29 is 14.3 Å². The molecular weight excluding hydrogens is 170 g/mol. The van der Waals surface area contributed by atoms with Gasteiger partial charge < -0.3 is 10.1 Å². The molecule has 0 aromatic rings. The van der Waals surface area contributed by atoms with Crippen LogP contribution in [0.3, 0.4) is 0 Å². The molecule has 1 N–H and O–H groups in total. The highest BCUT2D eigenvalue weighted by molar-refractivity contribution is 5.99. The molecule has 13 heavy (non-hydrogen) atoms. The van der Waals surface area contributed by atoms with E-state index < -0.39 is 11.9 Å². The Kier molecular flexibility index (Phi) is 5.30. The van der Waals surface area contributed by atoms with Crippen molar-refractivity contribution in [1.82, 2.24) is 5.32 Å². The largest absolute Gasteiger partial charge is 0.465 e. The fraction of sp³-hybridized carbons (Fsp3) is 0.778. The normalized spacial score (nSPS) is 21.9. The predicted molar refractivity (Wildman–Crippen MR) is 49.3 cm³/mol. The van der Waals surface area contributed by atoms with Crippen LogP contribution in [0.15, 0.2) is 0 Å². The highest BCUT2D eigenvalue weighted by atomic mass is 16.5. The smallest absolute Gasteiger partial charge is 0.317 e. The van der Waals surface area contributed by atoms with E-state index in [1.807, 2.05) is 0 Å². The van der Waals surface area contributed by atoms with Crippen LogP contribution in [-0.4, -0.2) is 31.4 Å². The molecule has 1 heterocycles. The molecule has 1 atom stereocenters. The van der Waals surface area contributed by atoms with Gasteiger partial charge in [-0.3, -0.25) is 9.59 Å². The summed E-state index contributed by atoms with van der Waals surface area (Å²) in [6.07, 6.45) is 0.434. The van der Waals surface area contributed by atoms with Crippen molar-refractivity contribution in [2.45, 2.75) is 20.8 Å². The van der Waals surface area contributed by atoms with Gasteiger partial charge in [0.15, 0.2) is 0 Å². The van der Waals surface area contributed by atoms with Gasteiger partial charge in [-0.25, -0.2) is 0 Å². The van der Waals surface area contributed by atoms with Gasteiger partial charge >= 0.3 is 5.97 Å². The first-order valence-corrected chi connectivity index (χ1v) is 4.15. The van der Waals surface area contributed by atoms with E-state index in [4.69, 9.17) is 4.74 Å². The first kappa shape index (κ1) is 12.1. The van der Waals surface area contributed by atoms with Crippen molar-refractivity contribution >= 4 is 11.8 Å². The fourth-order valence-corrected chi connectivity index (χ4v) is 1.20. The predicted octanol–water partition coefficient (Wildman–Crippen LogP) is 0.364. The first-order chi connectivity index (χ1) is 5.75. The van der Waals surface area contributed by atoms with E-state index in [2.05, 4.69) is 5.32 Å². The number of ketones is 1. The molecule has 1 aliphatic rings. The van der Waals surface area contributed by atoms with Gasteiger partial charge in [0.05, 0.1) is 6.61 Å². The van der Waals surface area contributed by atoms with Crippen LogP contribution in [0.4, 0.5) is 0 Å². The fourth-order valence-electron chi connectivity index (χ4n) is 1.20. The number of hydrogen-bond donors (Lipinski definition) is 1. The molecule has 0 aliphatic carbocycles. The number of hydrogen-bond acceptors (Lipinski definition) is 4. The number of piperidine rings is 1. The lowest BCUT2D eigenvalue weighted by Crippen LogP contribution is -2.41. The summed E-state index contributed by atoms with van der Waals surface area (Å²) in [6, 6.07) is 0. The molecule has 0 amide bonds. The summed E-state index contributed by atoms with van der Waals surface area (Å²) in [5.41, 5.74) is 0. The molecule has 0 aromatic carbocycles. The van der Waals surface area contributed by atoms with Crippen LogP contribution >= 0.6 is 0 Å². The van der Waals surface area contributed by atoms with Crippen LogP contribution in [0.1, 0.15) is 20.8 Å². The van der Waals surface area contributed by atoms with E-state index in [0.29, 0.717) is 26.1 Å². The molecule has 0 saturated carbocycles. The zero-order valence-electron chi connectivity index (χ0n) is 7.13. The standard InChI is InChI=1S/C8H13NO3.CH4/c1-2-12-8(11)6-5-9-4-3-7(6)10;/h6,9H,2-5H2,1H3;1H4. The highest BCUT2D eigenvalue weighted by Gasteiger charge is 2.29. The summed E-state index contributed by atoms with van der Waals surface area (Å²) in [6.45, 7) is 3.17. The Morgan fingerprint density at radius 1 is 1.69 bits per heavy atom. The minimum absolute atomic E-state index is 0. The van der Waals surface area contributed by atoms with Gasteiger partial charge in [-0.2, -0.15) is 0 Å². The molecule has 0 radical (unpaired) electrons. The number of carbonyl (C=O) groups excluding carboxylic acids is 2. The second-order valence-corrected chi connectivity index (χ2v) is 2.73. The second kappa shape index (κ2) is 5.70. The Morgan fingerprint density at radius 3 is 2.92 bits per heavy atom. The Bertz CT molecular complexity index is 191. The maximum Gasteiger partial charge on any atom is 0.317 e. The van der Waals surface area contributed by atoms with Crippen molar-refractivity contribution in [2.75, 3.05) is 19.7 Å². The van der Waals surface area contributed by atoms with Crippen molar-refractivity contribution in [3.63, 3.8) is 0 Å². The summed E-state index contributed by atoms with van der Waals surface area (Å²) >= 11 is 0. The van der Waals surface area contributed by atoms with Gasteiger partial charge in [0, 0.05) is 19.5 Å². The van der Waals surface area contributed by atoms with E-state index in [9.17, 15) is 9.59 Å². The molecule has 0 aromatic heterocycles. The van der Waals surface area contributed by atoms with Gasteiger partial charge in [-0.1, -0.05) is 7.43 Å². The number of carbonyl (C=O) groups is 2.